The van der Waals surface area contributed by atoms with Crippen LogP contribution in [-0.4, -0.2) is 58.5 Å². The van der Waals surface area contributed by atoms with Crippen LogP contribution in [-0.2, 0) is 17.8 Å². The summed E-state index contributed by atoms with van der Waals surface area (Å²) in [5, 5.41) is 3.17. The maximum Gasteiger partial charge on any atom is 0.223 e. The molecule has 2 aliphatic heterocycles. The molecule has 0 saturated carbocycles. The SMILES string of the molecule is O=C(NCCN1CCc2ccccc2C1)C1CCN(c2cnc3nccnc3c2)CC1. The van der Waals surface area contributed by atoms with E-state index in [0.29, 0.717) is 12.2 Å². The van der Waals surface area contributed by atoms with E-state index in [0.717, 1.165) is 63.2 Å². The van der Waals surface area contributed by atoms with Crippen LogP contribution in [0.1, 0.15) is 24.0 Å². The standard InChI is InChI=1S/C24H28N6O/c31-24(27-10-14-29-11-5-18-3-1-2-4-20(18)17-29)19-6-12-30(13-7-19)21-15-22-23(28-16-21)26-9-8-25-22/h1-4,8-9,15-16,19H,5-7,10-14,17H2,(H,27,31). The van der Waals surface area contributed by atoms with Crippen LogP contribution in [0.2, 0.25) is 0 Å². The molecule has 0 bridgehead atoms. The lowest BCUT2D eigenvalue weighted by molar-refractivity contribution is -0.125. The first kappa shape index (κ1) is 19.9. The van der Waals surface area contributed by atoms with Crippen LogP contribution in [0.5, 0.6) is 0 Å². The Morgan fingerprint density at radius 2 is 1.84 bits per heavy atom. The van der Waals surface area contributed by atoms with E-state index in [9.17, 15) is 4.79 Å². The van der Waals surface area contributed by atoms with Gasteiger partial charge >= 0.3 is 0 Å². The molecule has 31 heavy (non-hydrogen) atoms. The van der Waals surface area contributed by atoms with E-state index in [2.05, 4.69) is 54.3 Å². The number of nitrogens with zero attached hydrogens (tertiary/aromatic N) is 5. The number of anilines is 1. The number of carbonyl (C=O) groups is 1. The van der Waals surface area contributed by atoms with Crippen molar-refractivity contribution in [1.29, 1.82) is 0 Å². The summed E-state index contributed by atoms with van der Waals surface area (Å²) < 4.78 is 0. The molecule has 160 valence electrons. The molecule has 0 unspecified atom stereocenters. The Morgan fingerprint density at radius 1 is 1.03 bits per heavy atom. The van der Waals surface area contributed by atoms with Crippen LogP contribution in [0.15, 0.2) is 48.9 Å². The number of benzene rings is 1. The second kappa shape index (κ2) is 8.98. The molecule has 1 aromatic carbocycles. The highest BCUT2D eigenvalue weighted by molar-refractivity contribution is 5.79. The van der Waals surface area contributed by atoms with Crippen LogP contribution >= 0.6 is 0 Å². The number of rotatable bonds is 5. The molecule has 5 rings (SSSR count). The molecule has 1 N–H and O–H groups in total. The molecule has 1 fully saturated rings. The van der Waals surface area contributed by atoms with Gasteiger partial charge in [-0.1, -0.05) is 24.3 Å². The molecule has 1 amide bonds. The molecule has 2 aliphatic rings. The lowest BCUT2D eigenvalue weighted by Crippen LogP contribution is -2.43. The molecule has 0 radical (unpaired) electrons. The van der Waals surface area contributed by atoms with Crippen molar-refractivity contribution in [2.45, 2.75) is 25.8 Å². The molecule has 2 aromatic heterocycles. The van der Waals surface area contributed by atoms with Crippen molar-refractivity contribution in [1.82, 2.24) is 25.2 Å². The van der Waals surface area contributed by atoms with Gasteiger partial charge in [0.25, 0.3) is 0 Å². The first-order chi connectivity index (χ1) is 15.3. The van der Waals surface area contributed by atoms with E-state index >= 15 is 0 Å². The number of hydrogen-bond acceptors (Lipinski definition) is 6. The average Bonchev–Trinajstić information content (AvgIpc) is 2.83. The smallest absolute Gasteiger partial charge is 0.223 e. The van der Waals surface area contributed by atoms with Crippen LogP contribution < -0.4 is 10.2 Å². The highest BCUT2D eigenvalue weighted by Gasteiger charge is 2.25. The van der Waals surface area contributed by atoms with Crippen LogP contribution in [0.25, 0.3) is 11.2 Å². The molecule has 7 nitrogen and oxygen atoms in total. The molecular weight excluding hydrogens is 388 g/mol. The van der Waals surface area contributed by atoms with Gasteiger partial charge in [-0.3, -0.25) is 14.7 Å². The number of carbonyl (C=O) groups excluding carboxylic acids is 1. The third-order valence-corrected chi connectivity index (χ3v) is 6.48. The van der Waals surface area contributed by atoms with Crippen molar-refractivity contribution in [3.8, 4) is 0 Å². The zero-order chi connectivity index (χ0) is 21.0. The number of pyridine rings is 1. The van der Waals surface area contributed by atoms with Crippen LogP contribution in [0, 0.1) is 5.92 Å². The normalized spacial score (nSPS) is 17.5. The van der Waals surface area contributed by atoms with Gasteiger partial charge in [0.05, 0.1) is 11.9 Å². The van der Waals surface area contributed by atoms with Gasteiger partial charge in [0.1, 0.15) is 5.52 Å². The minimum absolute atomic E-state index is 0.0894. The summed E-state index contributed by atoms with van der Waals surface area (Å²) in [7, 11) is 0. The Hall–Kier alpha value is -3.06. The highest BCUT2D eigenvalue weighted by atomic mass is 16.1. The van der Waals surface area contributed by atoms with Crippen LogP contribution in [0.4, 0.5) is 5.69 Å². The van der Waals surface area contributed by atoms with Crippen molar-refractivity contribution >= 4 is 22.8 Å². The molecule has 0 aliphatic carbocycles. The lowest BCUT2D eigenvalue weighted by atomic mass is 9.95. The van der Waals surface area contributed by atoms with E-state index in [-0.39, 0.29) is 11.8 Å². The topological polar surface area (TPSA) is 74.2 Å². The summed E-state index contributed by atoms with van der Waals surface area (Å²) in [6, 6.07) is 10.7. The number of piperidine rings is 1. The Labute approximate surface area is 182 Å². The van der Waals surface area contributed by atoms with E-state index in [4.69, 9.17) is 0 Å². The first-order valence-electron chi connectivity index (χ1n) is 11.1. The number of amides is 1. The molecule has 3 aromatic rings. The number of fused-ring (bicyclic) bond motifs is 2. The van der Waals surface area contributed by atoms with Crippen molar-refractivity contribution < 1.29 is 4.79 Å². The van der Waals surface area contributed by atoms with Gasteiger partial charge < -0.3 is 10.2 Å². The van der Waals surface area contributed by atoms with E-state index < -0.39 is 0 Å². The van der Waals surface area contributed by atoms with Crippen molar-refractivity contribution in [3.63, 3.8) is 0 Å². The predicted molar refractivity (Wildman–Crippen MR) is 121 cm³/mol. The zero-order valence-electron chi connectivity index (χ0n) is 17.7. The summed E-state index contributed by atoms with van der Waals surface area (Å²) in [6.07, 6.45) is 8.02. The van der Waals surface area contributed by atoms with Crippen LogP contribution in [0.3, 0.4) is 0 Å². The zero-order valence-corrected chi connectivity index (χ0v) is 17.7. The molecule has 0 atom stereocenters. The Morgan fingerprint density at radius 3 is 2.71 bits per heavy atom. The third-order valence-electron chi connectivity index (χ3n) is 6.48. The quantitative estimate of drug-likeness (QED) is 0.689. The van der Waals surface area contributed by atoms with Gasteiger partial charge in [0, 0.05) is 57.6 Å². The minimum Gasteiger partial charge on any atom is -0.370 e. The van der Waals surface area contributed by atoms with E-state index in [1.807, 2.05) is 12.3 Å². The fourth-order valence-electron chi connectivity index (χ4n) is 4.65. The van der Waals surface area contributed by atoms with E-state index in [1.54, 1.807) is 12.4 Å². The van der Waals surface area contributed by atoms with Crippen molar-refractivity contribution in [3.05, 3.63) is 60.0 Å². The summed E-state index contributed by atoms with van der Waals surface area (Å²) >= 11 is 0. The maximum atomic E-state index is 12.7. The third kappa shape index (κ3) is 4.51. The van der Waals surface area contributed by atoms with Gasteiger partial charge in [-0.2, -0.15) is 0 Å². The minimum atomic E-state index is 0.0894. The second-order valence-corrected chi connectivity index (χ2v) is 8.44. The Balaban J connectivity index is 1.08. The van der Waals surface area contributed by atoms with Gasteiger partial charge in [0.15, 0.2) is 5.65 Å². The first-order valence-corrected chi connectivity index (χ1v) is 11.1. The van der Waals surface area contributed by atoms with Gasteiger partial charge in [-0.05, 0) is 36.5 Å². The Bertz CT molecular complexity index is 1060. The fraction of sp³-hybridized carbons (Fsp3) is 0.417. The predicted octanol–water partition coefficient (Wildman–Crippen LogP) is 2.42. The molecule has 1 saturated heterocycles. The van der Waals surface area contributed by atoms with Gasteiger partial charge in [-0.15, -0.1) is 0 Å². The average molecular weight is 417 g/mol. The second-order valence-electron chi connectivity index (χ2n) is 8.44. The van der Waals surface area contributed by atoms with Gasteiger partial charge in [0.2, 0.25) is 5.91 Å². The van der Waals surface area contributed by atoms with E-state index in [1.165, 1.54) is 11.1 Å². The van der Waals surface area contributed by atoms with Gasteiger partial charge in [-0.25, -0.2) is 9.97 Å². The summed E-state index contributed by atoms with van der Waals surface area (Å²) in [6.45, 7) is 5.38. The fourth-order valence-corrected chi connectivity index (χ4v) is 4.65. The number of aromatic nitrogens is 3. The lowest BCUT2D eigenvalue weighted by Gasteiger charge is -2.33. The number of hydrogen-bond donors (Lipinski definition) is 1. The molecule has 0 spiro atoms. The summed E-state index contributed by atoms with van der Waals surface area (Å²) in [5.41, 5.74) is 5.40. The molecular formula is C24H28N6O. The molecule has 4 heterocycles. The largest absolute Gasteiger partial charge is 0.370 e. The number of nitrogens with one attached hydrogen (secondary N) is 1. The summed E-state index contributed by atoms with van der Waals surface area (Å²) in [5.74, 6) is 0.283. The van der Waals surface area contributed by atoms with Crippen molar-refractivity contribution in [2.24, 2.45) is 5.92 Å². The monoisotopic (exact) mass is 416 g/mol. The maximum absolute atomic E-state index is 12.7. The molecule has 7 heteroatoms. The van der Waals surface area contributed by atoms with Crippen molar-refractivity contribution in [2.75, 3.05) is 37.6 Å². The summed E-state index contributed by atoms with van der Waals surface area (Å²) in [4.78, 5) is 30.4. The Kier molecular flexibility index (Phi) is 5.76. The highest BCUT2D eigenvalue weighted by Crippen LogP contribution is 2.24.